The molecule has 13 nitrogen and oxygen atoms in total. The van der Waals surface area contributed by atoms with Crippen LogP contribution in [0.4, 0.5) is 31.7 Å². The molecule has 76 heavy (non-hydrogen) atoms. The van der Waals surface area contributed by atoms with E-state index in [1.54, 1.807) is 18.3 Å². The van der Waals surface area contributed by atoms with Crippen molar-refractivity contribution in [2.45, 2.75) is 76.7 Å². The second kappa shape index (κ2) is 47.0. The molecule has 0 spiro atoms. The Balaban J connectivity index is -0.000000887. The Hall–Kier alpha value is -5.21. The van der Waals surface area contributed by atoms with Gasteiger partial charge in [-0.25, -0.2) is 15.0 Å². The van der Waals surface area contributed by atoms with Gasteiger partial charge >= 0.3 is 0 Å². The van der Waals surface area contributed by atoms with Gasteiger partial charge in [0.1, 0.15) is 5.82 Å². The fraction of sp³-hybridized carbons (Fsp3) is 0.368. The standard InChI is InChI=1S/C17H19BrN4O.C12H8BrFN2O.C6H6BrN.C6H3ClFNO.C5H12N2.5C2H6.CH4/c1-21-8-10-22(11-9-21)16-7-2-13(12-19-16)17(23)20-15-5-3-14(18)4-6-15;13-9-2-4-10(5-3-9)16-12(17)8-1-6-11(14)15-7-8;7-5-1-3-6(8)4-2-5;7-6(10)4-1-2-5(8)9-3-4;1-7-4-2-6-3-5-7;5*1-2;/h2-7,12H,8-11H2,1H3,(H,20,23);1-7H,(H,16,17);1-4H,8H2;1-3H;6H,2-5H2,1H3;5*1-2H3;1H4. The van der Waals surface area contributed by atoms with Crippen LogP contribution in [0.25, 0.3) is 0 Å². The number of nitrogen functional groups attached to an aromatic ring is 1. The largest absolute Gasteiger partial charge is 0.399 e. The maximum Gasteiger partial charge on any atom is 0.257 e. The average molecular weight is 1270 g/mol. The summed E-state index contributed by atoms with van der Waals surface area (Å²) in [6, 6.07) is 30.8. The SMILES string of the molecule is C.CC.CC.CC.CC.CC.CN1CCN(c2ccc(C(=O)Nc3ccc(Br)cc3)cn2)CC1.CN1CCNCC1.Nc1ccc(Br)cc1.O=C(Cl)c1ccc(F)nc1.O=C(Nc1ccc(Br)cc1)c1ccc(F)nc1. The number of benzene rings is 3. The number of anilines is 4. The highest BCUT2D eigenvalue weighted by Gasteiger charge is 2.16. The number of amides is 2. The number of carbonyl (C=O) groups excluding carboxylic acids is 3. The molecule has 420 valence electrons. The minimum Gasteiger partial charge on any atom is -0.399 e. The monoisotopic (exact) mass is 1260 g/mol. The molecule has 2 fully saturated rings. The summed E-state index contributed by atoms with van der Waals surface area (Å²) >= 11 is 15.0. The highest BCUT2D eigenvalue weighted by molar-refractivity contribution is 9.11. The number of likely N-dealkylation sites (N-methyl/N-ethyl adjacent to an activating group) is 2. The second-order valence-electron chi connectivity index (χ2n) is 14.2. The molecule has 0 atom stereocenters. The van der Waals surface area contributed by atoms with Crippen LogP contribution in [-0.2, 0) is 0 Å². The van der Waals surface area contributed by atoms with Gasteiger partial charge in [-0.15, -0.1) is 0 Å². The van der Waals surface area contributed by atoms with E-state index in [9.17, 15) is 23.2 Å². The summed E-state index contributed by atoms with van der Waals surface area (Å²) in [7, 11) is 4.28. The van der Waals surface area contributed by atoms with Crippen molar-refractivity contribution >= 4 is 99.3 Å². The summed E-state index contributed by atoms with van der Waals surface area (Å²) < 4.78 is 27.6. The molecule has 2 amide bonds. The van der Waals surface area contributed by atoms with Crippen LogP contribution in [0.15, 0.2) is 141 Å². The van der Waals surface area contributed by atoms with E-state index in [0.717, 1.165) is 88.2 Å². The van der Waals surface area contributed by atoms with Crippen LogP contribution in [0.2, 0.25) is 0 Å². The number of nitrogens with two attached hydrogens (primary N) is 1. The molecule has 8 rings (SSSR count). The van der Waals surface area contributed by atoms with Crippen LogP contribution in [0.1, 0.15) is 108 Å². The third-order valence-corrected chi connectivity index (χ3v) is 11.0. The van der Waals surface area contributed by atoms with E-state index in [-0.39, 0.29) is 24.8 Å². The first-order valence-corrected chi connectivity index (χ1v) is 27.8. The van der Waals surface area contributed by atoms with Crippen molar-refractivity contribution in [2.75, 3.05) is 87.7 Å². The Morgan fingerprint density at radius 2 is 0.855 bits per heavy atom. The van der Waals surface area contributed by atoms with Crippen molar-refractivity contribution in [1.29, 1.82) is 0 Å². The minimum absolute atomic E-state index is 0. The third-order valence-electron chi connectivity index (χ3n) is 9.20. The Morgan fingerprint density at radius 1 is 0.513 bits per heavy atom. The molecule has 2 aliphatic rings. The molecule has 3 aromatic carbocycles. The third kappa shape index (κ3) is 33.7. The zero-order valence-corrected chi connectivity index (χ0v) is 51.0. The van der Waals surface area contributed by atoms with E-state index in [4.69, 9.17) is 17.3 Å². The Morgan fingerprint density at radius 3 is 1.16 bits per heavy atom. The van der Waals surface area contributed by atoms with Gasteiger partial charge in [-0.05, 0) is 135 Å². The van der Waals surface area contributed by atoms with Crippen LogP contribution < -0.4 is 26.6 Å². The normalized spacial score (nSPS) is 11.8. The molecule has 3 aromatic heterocycles. The molecule has 5 heterocycles. The van der Waals surface area contributed by atoms with Crippen LogP contribution in [-0.4, -0.2) is 108 Å². The maximum atomic E-state index is 12.6. The van der Waals surface area contributed by atoms with Crippen LogP contribution in [0.3, 0.4) is 0 Å². The highest BCUT2D eigenvalue weighted by atomic mass is 79.9. The number of rotatable bonds is 6. The van der Waals surface area contributed by atoms with Crippen molar-refractivity contribution < 1.29 is 23.2 Å². The van der Waals surface area contributed by atoms with Crippen molar-refractivity contribution in [2.24, 2.45) is 0 Å². The number of halogens is 6. The number of piperazine rings is 2. The van der Waals surface area contributed by atoms with Gasteiger partial charge in [0.05, 0.1) is 16.7 Å². The summed E-state index contributed by atoms with van der Waals surface area (Å²) in [6.07, 6.45) is 3.93. The Kier molecular flexibility index (Phi) is 46.4. The summed E-state index contributed by atoms with van der Waals surface area (Å²) in [5.74, 6) is -0.769. The van der Waals surface area contributed by atoms with Gasteiger partial charge in [0.2, 0.25) is 11.9 Å². The maximum absolute atomic E-state index is 12.6. The highest BCUT2D eigenvalue weighted by Crippen LogP contribution is 2.18. The molecule has 0 aliphatic carbocycles. The number of nitrogens with zero attached hydrogens (tertiary/aromatic N) is 6. The number of aromatic nitrogens is 3. The van der Waals surface area contributed by atoms with E-state index in [0.29, 0.717) is 16.8 Å². The lowest BCUT2D eigenvalue weighted by atomic mass is 10.2. The molecule has 0 saturated carbocycles. The molecule has 0 radical (unpaired) electrons. The van der Waals surface area contributed by atoms with Gasteiger partial charge in [0.25, 0.3) is 17.1 Å². The molecular weight excluding hydrogens is 1190 g/mol. The van der Waals surface area contributed by atoms with E-state index in [2.05, 4.69) is 107 Å². The molecule has 6 aromatic rings. The fourth-order valence-electron chi connectivity index (χ4n) is 5.46. The van der Waals surface area contributed by atoms with Crippen molar-refractivity contribution in [3.63, 3.8) is 0 Å². The number of nitrogens with one attached hydrogen (secondary N) is 3. The van der Waals surface area contributed by atoms with Gasteiger partial charge in [0, 0.05) is 101 Å². The lowest BCUT2D eigenvalue weighted by Gasteiger charge is -2.33. The van der Waals surface area contributed by atoms with Gasteiger partial charge in [0.15, 0.2) is 0 Å². The van der Waals surface area contributed by atoms with E-state index in [1.165, 1.54) is 31.4 Å². The first-order valence-electron chi connectivity index (χ1n) is 25.0. The van der Waals surface area contributed by atoms with E-state index in [1.807, 2.05) is 142 Å². The molecule has 0 bridgehead atoms. The van der Waals surface area contributed by atoms with Crippen molar-refractivity contribution in [3.8, 4) is 0 Å². The Bertz CT molecular complexity index is 2340. The number of hydrogen-bond acceptors (Lipinski definition) is 11. The number of hydrogen-bond donors (Lipinski definition) is 4. The number of pyridine rings is 3. The smallest absolute Gasteiger partial charge is 0.257 e. The number of carbonyl (C=O) groups is 3. The molecule has 5 N–H and O–H groups in total. The fourth-order valence-corrected chi connectivity index (χ4v) is 6.36. The molecule has 19 heteroatoms. The average Bonchev–Trinajstić information content (AvgIpc) is 3.45. The zero-order chi connectivity index (χ0) is 57.1. The quantitative estimate of drug-likeness (QED) is 0.0713. The molecule has 2 aliphatic heterocycles. The summed E-state index contributed by atoms with van der Waals surface area (Å²) in [4.78, 5) is 52.3. The van der Waals surface area contributed by atoms with Crippen molar-refractivity contribution in [3.05, 3.63) is 170 Å². The van der Waals surface area contributed by atoms with Gasteiger partial charge < -0.3 is 36.4 Å². The summed E-state index contributed by atoms with van der Waals surface area (Å²) in [5, 5.41) is 8.19. The van der Waals surface area contributed by atoms with Gasteiger partial charge in [-0.3, -0.25) is 14.4 Å². The van der Waals surface area contributed by atoms with Gasteiger partial charge in [-0.1, -0.05) is 124 Å². The first kappa shape index (κ1) is 75.0. The molecular formula is C57H82Br3ClF2N10O3. The first-order chi connectivity index (χ1) is 36.1. The van der Waals surface area contributed by atoms with Crippen LogP contribution in [0.5, 0.6) is 0 Å². The van der Waals surface area contributed by atoms with Gasteiger partial charge in [-0.2, -0.15) is 8.78 Å². The summed E-state index contributed by atoms with van der Waals surface area (Å²) in [6.45, 7) is 28.7. The van der Waals surface area contributed by atoms with Crippen LogP contribution in [0, 0.1) is 11.9 Å². The Labute approximate surface area is 483 Å². The van der Waals surface area contributed by atoms with Crippen molar-refractivity contribution in [1.82, 2.24) is 30.1 Å². The topological polar surface area (TPSA) is 162 Å². The predicted molar refractivity (Wildman–Crippen MR) is 329 cm³/mol. The van der Waals surface area contributed by atoms with E-state index >= 15 is 0 Å². The predicted octanol–water partition coefficient (Wildman–Crippen LogP) is 15.0. The van der Waals surface area contributed by atoms with E-state index < -0.39 is 17.1 Å². The minimum atomic E-state index is -0.632. The lowest BCUT2D eigenvalue weighted by molar-refractivity contribution is 0.101. The molecule has 0 unspecified atom stereocenters. The second-order valence-corrected chi connectivity index (χ2v) is 17.3. The lowest BCUT2D eigenvalue weighted by Crippen LogP contribution is -2.44. The van der Waals surface area contributed by atoms with Crippen LogP contribution >= 0.6 is 59.4 Å². The summed E-state index contributed by atoms with van der Waals surface area (Å²) in [5.41, 5.74) is 8.71. The zero-order valence-electron chi connectivity index (χ0n) is 45.5. The molecule has 2 saturated heterocycles.